The Kier molecular flexibility index (Phi) is 4.40. The summed E-state index contributed by atoms with van der Waals surface area (Å²) < 4.78 is 18.6. The monoisotopic (exact) mass is 309 g/mol. The molecule has 0 unspecified atom stereocenters. The molecule has 1 aromatic heterocycles. The van der Waals surface area contributed by atoms with Gasteiger partial charge in [-0.3, -0.25) is 4.79 Å². The first-order valence-corrected chi connectivity index (χ1v) is 6.26. The summed E-state index contributed by atoms with van der Waals surface area (Å²) in [7, 11) is 1.37. The highest BCUT2D eigenvalue weighted by molar-refractivity contribution is 6.33. The van der Waals surface area contributed by atoms with Gasteiger partial charge >= 0.3 is 5.08 Å². The minimum absolute atomic E-state index is 0.0730. The Morgan fingerprint density at radius 3 is 2.86 bits per heavy atom. The van der Waals surface area contributed by atoms with Crippen molar-refractivity contribution in [2.75, 3.05) is 12.1 Å². The van der Waals surface area contributed by atoms with Crippen molar-refractivity contribution in [3.05, 3.63) is 62.3 Å². The smallest absolute Gasteiger partial charge is 0.311 e. The van der Waals surface area contributed by atoms with Crippen LogP contribution in [0.3, 0.4) is 0 Å². The normalized spacial score (nSPS) is 10.0. The van der Waals surface area contributed by atoms with E-state index in [0.29, 0.717) is 5.69 Å². The third-order valence-corrected chi connectivity index (χ3v) is 3.09. The van der Waals surface area contributed by atoms with Gasteiger partial charge in [-0.15, -0.1) is 0 Å². The zero-order chi connectivity index (χ0) is 15.4. The van der Waals surface area contributed by atoms with E-state index >= 15 is 0 Å². The predicted molar refractivity (Wildman–Crippen MR) is 76.3 cm³/mol. The van der Waals surface area contributed by atoms with E-state index in [1.54, 1.807) is 0 Å². The Labute approximate surface area is 124 Å². The summed E-state index contributed by atoms with van der Waals surface area (Å²) in [5, 5.41) is 13.1. The summed E-state index contributed by atoms with van der Waals surface area (Å²) in [5.74, 6) is -0.494. The van der Waals surface area contributed by atoms with Crippen LogP contribution in [0.4, 0.5) is 10.1 Å². The number of nitrogens with zero attached hydrogens (tertiary/aromatic N) is 3. The van der Waals surface area contributed by atoms with Gasteiger partial charge in [0, 0.05) is 23.0 Å². The second-order valence-corrected chi connectivity index (χ2v) is 4.52. The van der Waals surface area contributed by atoms with E-state index < -0.39 is 5.82 Å². The van der Waals surface area contributed by atoms with E-state index in [1.807, 2.05) is 0 Å². The number of halogens is 2. The Hall–Kier alpha value is -2.59. The van der Waals surface area contributed by atoms with Gasteiger partial charge in [0.25, 0.3) is 5.39 Å². The Morgan fingerprint density at radius 2 is 2.29 bits per heavy atom. The van der Waals surface area contributed by atoms with Crippen LogP contribution in [0.5, 0.6) is 5.75 Å². The molecule has 0 bridgehead atoms. The molecule has 0 saturated carbocycles. The van der Waals surface area contributed by atoms with Crippen molar-refractivity contribution in [3.8, 4) is 5.75 Å². The number of diazo groups is 1. The minimum atomic E-state index is -0.642. The number of rotatable bonds is 4. The first kappa shape index (κ1) is 14.8. The highest BCUT2D eigenvalue weighted by Gasteiger charge is 2.25. The van der Waals surface area contributed by atoms with Gasteiger partial charge in [-0.05, 0) is 12.1 Å². The van der Waals surface area contributed by atoms with Gasteiger partial charge in [-0.1, -0.05) is 17.7 Å². The summed E-state index contributed by atoms with van der Waals surface area (Å²) in [4.78, 5) is 14.5. The fourth-order valence-corrected chi connectivity index (χ4v) is 2.06. The summed E-state index contributed by atoms with van der Waals surface area (Å²) in [6.07, 6.45) is 1.37. The number of pyridine rings is 1. The van der Waals surface area contributed by atoms with Gasteiger partial charge in [0.15, 0.2) is 17.3 Å². The summed E-state index contributed by atoms with van der Waals surface area (Å²) >= 11 is 5.90. The maximum absolute atomic E-state index is 13.8. The van der Waals surface area contributed by atoms with Crippen molar-refractivity contribution in [2.45, 2.75) is 6.54 Å². The van der Waals surface area contributed by atoms with Gasteiger partial charge in [-0.25, -0.2) is 4.39 Å². The Bertz CT molecular complexity index is 736. The van der Waals surface area contributed by atoms with Gasteiger partial charge < -0.3 is 9.72 Å². The molecule has 6 nitrogen and oxygen atoms in total. The average molecular weight is 310 g/mol. The summed E-state index contributed by atoms with van der Waals surface area (Å²) in [6.45, 7) is -0.0730. The molecule has 1 heterocycles. The molecule has 108 valence electrons. The number of H-pyrrole nitrogens is 1. The zero-order valence-electron chi connectivity index (χ0n) is 11.0. The molecule has 0 saturated heterocycles. The van der Waals surface area contributed by atoms with Crippen LogP contribution >= 0.6 is 11.6 Å². The standard InChI is InChI=1S/C13H10ClFN4O2/c1-21-12-6-17-8(5-11(12)20)7-19(18-16)13-9(14)3-2-4-10(13)15/h2-6H,7H2,1H3/p+1. The molecule has 0 aliphatic carbocycles. The van der Waals surface area contributed by atoms with E-state index in [9.17, 15) is 9.18 Å². The lowest BCUT2D eigenvalue weighted by Crippen LogP contribution is -2.18. The van der Waals surface area contributed by atoms with Crippen molar-refractivity contribution in [3.63, 3.8) is 0 Å². The van der Waals surface area contributed by atoms with Crippen LogP contribution in [0, 0.1) is 11.2 Å². The second-order valence-electron chi connectivity index (χ2n) is 4.11. The van der Waals surface area contributed by atoms with Crippen LogP contribution in [-0.2, 0) is 6.54 Å². The van der Waals surface area contributed by atoms with Crippen LogP contribution < -0.4 is 15.2 Å². The van der Waals surface area contributed by atoms with E-state index in [-0.39, 0.29) is 28.4 Å². The molecule has 1 N–H and O–H groups in total. The highest BCUT2D eigenvalue weighted by Crippen LogP contribution is 2.30. The fourth-order valence-electron chi connectivity index (χ4n) is 1.80. The lowest BCUT2D eigenvalue weighted by atomic mass is 10.2. The quantitative estimate of drug-likeness (QED) is 0.696. The molecule has 21 heavy (non-hydrogen) atoms. The van der Waals surface area contributed by atoms with Crippen LogP contribution in [0.2, 0.25) is 5.02 Å². The molecule has 8 heteroatoms. The number of anilines is 1. The molecule has 0 atom stereocenters. The molecule has 0 spiro atoms. The summed E-state index contributed by atoms with van der Waals surface area (Å²) in [5.41, 5.74) is -0.0278. The van der Waals surface area contributed by atoms with E-state index in [4.69, 9.17) is 21.7 Å². The number of aromatic nitrogens is 1. The van der Waals surface area contributed by atoms with Crippen molar-refractivity contribution in [1.29, 1.82) is 5.39 Å². The number of hydrogen-bond acceptors (Lipinski definition) is 4. The largest absolute Gasteiger partial charge is 0.491 e. The predicted octanol–water partition coefficient (Wildman–Crippen LogP) is 2.95. The van der Waals surface area contributed by atoms with Crippen molar-refractivity contribution < 1.29 is 9.13 Å². The molecule has 2 rings (SSSR count). The molecule has 0 radical (unpaired) electrons. The van der Waals surface area contributed by atoms with Crippen LogP contribution in [0.25, 0.3) is 5.08 Å². The number of ether oxygens (including phenoxy) is 1. The maximum Gasteiger partial charge on any atom is 0.311 e. The number of para-hydroxylation sites is 1. The molecule has 0 amide bonds. The van der Waals surface area contributed by atoms with E-state index in [2.05, 4.69) is 10.1 Å². The van der Waals surface area contributed by atoms with Crippen LogP contribution in [0.15, 0.2) is 35.3 Å². The SMILES string of the molecule is COc1c[nH]c(CN([N+]#N)c2c(F)cccc2Cl)cc1=O. The van der Waals surface area contributed by atoms with Crippen LogP contribution in [0.1, 0.15) is 5.69 Å². The summed E-state index contributed by atoms with van der Waals surface area (Å²) in [6, 6.07) is 5.36. The number of nitrogens with one attached hydrogen (secondary N) is 1. The van der Waals surface area contributed by atoms with Gasteiger partial charge in [-0.2, -0.15) is 0 Å². The molecular formula is C13H11ClFN4O2+. The highest BCUT2D eigenvalue weighted by atomic mass is 35.5. The van der Waals surface area contributed by atoms with Gasteiger partial charge in [0.2, 0.25) is 5.43 Å². The number of benzene rings is 1. The minimum Gasteiger partial charge on any atom is -0.491 e. The maximum atomic E-state index is 13.8. The Morgan fingerprint density at radius 1 is 1.52 bits per heavy atom. The van der Waals surface area contributed by atoms with E-state index in [1.165, 1.54) is 37.6 Å². The van der Waals surface area contributed by atoms with E-state index in [0.717, 1.165) is 5.01 Å². The molecular weight excluding hydrogens is 299 g/mol. The second kappa shape index (κ2) is 6.24. The van der Waals surface area contributed by atoms with Gasteiger partial charge in [0.05, 0.1) is 12.1 Å². The number of methoxy groups -OCH3 is 1. The van der Waals surface area contributed by atoms with Crippen molar-refractivity contribution >= 4 is 17.3 Å². The molecule has 2 aromatic rings. The first-order valence-electron chi connectivity index (χ1n) is 5.89. The fraction of sp³-hybridized carbons (Fsp3) is 0.154. The lowest BCUT2D eigenvalue weighted by Gasteiger charge is -2.08. The van der Waals surface area contributed by atoms with Crippen molar-refractivity contribution in [2.24, 2.45) is 0 Å². The average Bonchev–Trinajstić information content (AvgIpc) is 2.46. The lowest BCUT2D eigenvalue weighted by molar-refractivity contribution is 0.408. The Balaban J connectivity index is 2.34. The third kappa shape index (κ3) is 3.12. The number of hydrogen-bond donors (Lipinski definition) is 1. The first-order chi connectivity index (χ1) is 10.1. The van der Waals surface area contributed by atoms with Crippen LogP contribution in [-0.4, -0.2) is 12.1 Å². The zero-order valence-corrected chi connectivity index (χ0v) is 11.8. The topological polar surface area (TPSA) is 73.5 Å². The molecule has 1 aromatic carbocycles. The molecule has 0 aliphatic heterocycles. The molecule has 0 aliphatic rings. The third-order valence-electron chi connectivity index (χ3n) is 2.78. The number of aromatic amines is 1. The van der Waals surface area contributed by atoms with Gasteiger partial charge in [0.1, 0.15) is 6.54 Å². The molecule has 0 fully saturated rings. The van der Waals surface area contributed by atoms with Crippen molar-refractivity contribution in [1.82, 2.24) is 4.98 Å².